The van der Waals surface area contributed by atoms with Crippen molar-refractivity contribution in [3.05, 3.63) is 23.5 Å². The van der Waals surface area contributed by atoms with E-state index in [2.05, 4.69) is 4.98 Å². The monoisotopic (exact) mass is 149 g/mol. The summed E-state index contributed by atoms with van der Waals surface area (Å²) >= 11 is 0. The highest BCUT2D eigenvalue weighted by Gasteiger charge is 2.00. The number of primary amides is 1. The van der Waals surface area contributed by atoms with Crippen LogP contribution in [0.2, 0.25) is 0 Å². The zero-order valence-corrected chi connectivity index (χ0v) is 5.79. The van der Waals surface area contributed by atoms with Gasteiger partial charge in [0.05, 0.1) is 12.0 Å². The van der Waals surface area contributed by atoms with Crippen molar-refractivity contribution in [3.63, 3.8) is 0 Å². The van der Waals surface area contributed by atoms with Gasteiger partial charge in [-0.2, -0.15) is 5.26 Å². The average Bonchev–Trinajstić information content (AvgIpc) is 2.34. The molecule has 1 aromatic rings. The number of nitrogens with one attached hydrogen (secondary N) is 1. The van der Waals surface area contributed by atoms with E-state index in [9.17, 15) is 4.79 Å². The number of hydrogen-bond donors (Lipinski definition) is 2. The molecule has 0 aliphatic rings. The first kappa shape index (κ1) is 7.35. The molecular weight excluding hydrogens is 142 g/mol. The lowest BCUT2D eigenvalue weighted by Gasteiger charge is -1.88. The Morgan fingerprint density at radius 3 is 3.00 bits per heavy atom. The van der Waals surface area contributed by atoms with Crippen molar-refractivity contribution in [3.8, 4) is 6.07 Å². The molecule has 0 aliphatic heterocycles. The van der Waals surface area contributed by atoms with Gasteiger partial charge in [0.15, 0.2) is 0 Å². The zero-order valence-electron chi connectivity index (χ0n) is 5.79. The van der Waals surface area contributed by atoms with Gasteiger partial charge in [0.2, 0.25) is 5.91 Å². The lowest BCUT2D eigenvalue weighted by Crippen LogP contribution is -2.13. The maximum atomic E-state index is 10.4. The summed E-state index contributed by atoms with van der Waals surface area (Å²) in [5.74, 6) is -0.406. The Bertz CT molecular complexity index is 308. The first-order valence-electron chi connectivity index (χ1n) is 3.08. The van der Waals surface area contributed by atoms with Crippen LogP contribution >= 0.6 is 0 Å². The molecule has 0 spiro atoms. The molecule has 0 unspecified atom stereocenters. The number of aromatic nitrogens is 1. The summed E-state index contributed by atoms with van der Waals surface area (Å²) in [5.41, 5.74) is 6.12. The molecule has 3 N–H and O–H groups in total. The van der Waals surface area contributed by atoms with Gasteiger partial charge in [-0.25, -0.2) is 0 Å². The van der Waals surface area contributed by atoms with Crippen LogP contribution in [0.1, 0.15) is 11.3 Å². The minimum absolute atomic E-state index is 0.154. The summed E-state index contributed by atoms with van der Waals surface area (Å²) < 4.78 is 0. The van der Waals surface area contributed by atoms with E-state index in [1.54, 1.807) is 6.07 Å². The van der Waals surface area contributed by atoms with Crippen LogP contribution in [0.4, 0.5) is 0 Å². The van der Waals surface area contributed by atoms with E-state index in [1.807, 2.05) is 6.07 Å². The second-order valence-corrected chi connectivity index (χ2v) is 2.17. The quantitative estimate of drug-likeness (QED) is 0.616. The van der Waals surface area contributed by atoms with Gasteiger partial charge in [0.25, 0.3) is 0 Å². The lowest BCUT2D eigenvalue weighted by molar-refractivity contribution is -0.117. The van der Waals surface area contributed by atoms with E-state index >= 15 is 0 Å². The number of amides is 1. The number of hydrogen-bond acceptors (Lipinski definition) is 2. The molecule has 0 saturated heterocycles. The van der Waals surface area contributed by atoms with Crippen molar-refractivity contribution < 1.29 is 4.79 Å². The van der Waals surface area contributed by atoms with Crippen molar-refractivity contribution in [2.75, 3.05) is 0 Å². The van der Waals surface area contributed by atoms with Crippen LogP contribution < -0.4 is 5.73 Å². The second-order valence-electron chi connectivity index (χ2n) is 2.17. The van der Waals surface area contributed by atoms with Gasteiger partial charge in [-0.1, -0.05) is 0 Å². The highest BCUT2D eigenvalue weighted by Crippen LogP contribution is 2.01. The van der Waals surface area contributed by atoms with Crippen LogP contribution in [-0.2, 0) is 11.2 Å². The molecule has 0 fully saturated rings. The van der Waals surface area contributed by atoms with Crippen molar-refractivity contribution >= 4 is 5.91 Å². The molecule has 56 valence electrons. The van der Waals surface area contributed by atoms with Gasteiger partial charge in [-0.3, -0.25) is 4.79 Å². The third-order valence-corrected chi connectivity index (χ3v) is 1.24. The molecule has 0 atom stereocenters. The summed E-state index contributed by atoms with van der Waals surface area (Å²) in [5, 5.41) is 8.40. The molecule has 0 aliphatic carbocycles. The summed E-state index contributed by atoms with van der Waals surface area (Å²) in [4.78, 5) is 13.2. The standard InChI is InChI=1S/C7H7N3O/c8-3-5-1-6(10-4-5)2-7(9)11/h1,4,10H,2H2,(H2,9,11). The minimum Gasteiger partial charge on any atom is -0.369 e. The first-order valence-corrected chi connectivity index (χ1v) is 3.08. The summed E-state index contributed by atoms with van der Waals surface area (Å²) in [6.07, 6.45) is 1.69. The Kier molecular flexibility index (Phi) is 1.93. The maximum Gasteiger partial charge on any atom is 0.223 e. The van der Waals surface area contributed by atoms with Gasteiger partial charge >= 0.3 is 0 Å². The smallest absolute Gasteiger partial charge is 0.223 e. The van der Waals surface area contributed by atoms with E-state index in [0.29, 0.717) is 11.3 Å². The number of nitriles is 1. The zero-order chi connectivity index (χ0) is 8.27. The molecule has 1 rings (SSSR count). The van der Waals surface area contributed by atoms with Crippen LogP contribution in [0.15, 0.2) is 12.3 Å². The average molecular weight is 149 g/mol. The topological polar surface area (TPSA) is 82.7 Å². The largest absolute Gasteiger partial charge is 0.369 e. The van der Waals surface area contributed by atoms with E-state index in [-0.39, 0.29) is 6.42 Å². The third kappa shape index (κ3) is 1.83. The fourth-order valence-corrected chi connectivity index (χ4v) is 0.796. The molecule has 1 aromatic heterocycles. The van der Waals surface area contributed by atoms with Crippen molar-refractivity contribution in [1.29, 1.82) is 5.26 Å². The van der Waals surface area contributed by atoms with Gasteiger partial charge in [-0.15, -0.1) is 0 Å². The molecule has 4 nitrogen and oxygen atoms in total. The molecule has 1 heterocycles. The predicted molar refractivity (Wildman–Crippen MR) is 38.4 cm³/mol. The van der Waals surface area contributed by atoms with Crippen LogP contribution in [0.5, 0.6) is 0 Å². The van der Waals surface area contributed by atoms with Crippen molar-refractivity contribution in [2.24, 2.45) is 5.73 Å². The third-order valence-electron chi connectivity index (χ3n) is 1.24. The second kappa shape index (κ2) is 2.88. The Hall–Kier alpha value is -1.76. The van der Waals surface area contributed by atoms with Crippen LogP contribution in [-0.4, -0.2) is 10.9 Å². The summed E-state index contributed by atoms with van der Waals surface area (Å²) in [7, 11) is 0. The van der Waals surface area contributed by atoms with Gasteiger partial charge < -0.3 is 10.7 Å². The van der Waals surface area contributed by atoms with Gasteiger partial charge in [-0.05, 0) is 6.07 Å². The summed E-state index contributed by atoms with van der Waals surface area (Å²) in [6.45, 7) is 0. The fourth-order valence-electron chi connectivity index (χ4n) is 0.796. The number of H-pyrrole nitrogens is 1. The highest BCUT2D eigenvalue weighted by molar-refractivity contribution is 5.76. The highest BCUT2D eigenvalue weighted by atomic mass is 16.1. The molecule has 0 aromatic carbocycles. The molecule has 0 radical (unpaired) electrons. The number of nitrogens with two attached hydrogens (primary N) is 1. The van der Waals surface area contributed by atoms with Gasteiger partial charge in [0.1, 0.15) is 6.07 Å². The first-order chi connectivity index (χ1) is 5.22. The molecule has 1 amide bonds. The number of carbonyl (C=O) groups excluding carboxylic acids is 1. The van der Waals surface area contributed by atoms with E-state index in [4.69, 9.17) is 11.0 Å². The predicted octanol–water partition coefficient (Wildman–Crippen LogP) is -0.0858. The maximum absolute atomic E-state index is 10.4. The number of carbonyl (C=O) groups is 1. The van der Waals surface area contributed by atoms with Crippen LogP contribution in [0.25, 0.3) is 0 Å². The SMILES string of the molecule is N#Cc1c[nH]c(CC(N)=O)c1. The van der Waals surface area contributed by atoms with E-state index in [0.717, 1.165) is 0 Å². The molecule has 11 heavy (non-hydrogen) atoms. The Labute approximate surface area is 63.6 Å². The lowest BCUT2D eigenvalue weighted by atomic mass is 10.3. The Morgan fingerprint density at radius 2 is 2.55 bits per heavy atom. The van der Waals surface area contributed by atoms with Crippen LogP contribution in [0.3, 0.4) is 0 Å². The molecule has 0 saturated carbocycles. The number of rotatable bonds is 2. The van der Waals surface area contributed by atoms with Crippen LogP contribution in [0, 0.1) is 11.3 Å². The molecular formula is C7H7N3O. The summed E-state index contributed by atoms with van der Waals surface area (Å²) in [6, 6.07) is 3.54. The normalized spacial score (nSPS) is 9.00. The van der Waals surface area contributed by atoms with Gasteiger partial charge in [0, 0.05) is 11.9 Å². The minimum atomic E-state index is -0.406. The Balaban J connectivity index is 2.75. The molecule has 0 bridgehead atoms. The molecule has 4 heteroatoms. The number of nitrogens with zero attached hydrogens (tertiary/aromatic N) is 1. The number of aromatic amines is 1. The fraction of sp³-hybridized carbons (Fsp3) is 0.143. The van der Waals surface area contributed by atoms with E-state index in [1.165, 1.54) is 6.20 Å². The van der Waals surface area contributed by atoms with Crippen molar-refractivity contribution in [2.45, 2.75) is 6.42 Å². The van der Waals surface area contributed by atoms with E-state index < -0.39 is 5.91 Å². The Morgan fingerprint density at radius 1 is 1.82 bits per heavy atom. The van der Waals surface area contributed by atoms with Crippen molar-refractivity contribution in [1.82, 2.24) is 4.98 Å².